The second-order valence-electron chi connectivity index (χ2n) is 4.74. The number of phenols is 2. The molecule has 2 aromatic carbocycles. The van der Waals surface area contributed by atoms with Crippen LogP contribution in [-0.4, -0.2) is 21.4 Å². The molecule has 2 amide bonds. The van der Waals surface area contributed by atoms with Crippen molar-refractivity contribution in [2.45, 2.75) is 0 Å². The van der Waals surface area contributed by atoms with E-state index < -0.39 is 11.1 Å². The number of hydrogen-bond donors (Lipinski definition) is 2. The van der Waals surface area contributed by atoms with Gasteiger partial charge in [-0.2, -0.15) is 0 Å². The Morgan fingerprint density at radius 1 is 1.00 bits per heavy atom. The standard InChI is InChI=1S/C16H10ClNO4S/c17-10-2-4-11(5-3-10)18-15(21)14(23-16(18)22)8-9-1-6-12(19)13(20)7-9/h1-8,19-20H/b14-8-. The van der Waals surface area contributed by atoms with E-state index in [9.17, 15) is 19.8 Å². The summed E-state index contributed by atoms with van der Waals surface area (Å²) in [5, 5.41) is 18.9. The van der Waals surface area contributed by atoms with Crippen molar-refractivity contribution in [3.05, 3.63) is 58.0 Å². The van der Waals surface area contributed by atoms with Gasteiger partial charge in [-0.15, -0.1) is 0 Å². The molecule has 0 spiro atoms. The summed E-state index contributed by atoms with van der Waals surface area (Å²) in [6, 6.07) is 10.5. The first-order valence-corrected chi connectivity index (χ1v) is 7.70. The number of aromatic hydroxyl groups is 2. The Hall–Kier alpha value is -2.44. The normalized spacial score (nSPS) is 16.4. The Bertz CT molecular complexity index is 832. The monoisotopic (exact) mass is 347 g/mol. The molecule has 7 heteroatoms. The van der Waals surface area contributed by atoms with Crippen molar-refractivity contribution in [3.63, 3.8) is 0 Å². The van der Waals surface area contributed by atoms with Gasteiger partial charge in [0.05, 0.1) is 10.6 Å². The highest BCUT2D eigenvalue weighted by molar-refractivity contribution is 8.19. The topological polar surface area (TPSA) is 77.8 Å². The first-order valence-electron chi connectivity index (χ1n) is 6.51. The number of imide groups is 1. The fourth-order valence-corrected chi connectivity index (χ4v) is 3.03. The second-order valence-corrected chi connectivity index (χ2v) is 6.17. The van der Waals surface area contributed by atoms with Crippen molar-refractivity contribution in [2.75, 3.05) is 4.90 Å². The van der Waals surface area contributed by atoms with Crippen molar-refractivity contribution in [2.24, 2.45) is 0 Å². The number of carbonyl (C=O) groups excluding carboxylic acids is 2. The lowest BCUT2D eigenvalue weighted by Crippen LogP contribution is -2.27. The van der Waals surface area contributed by atoms with Gasteiger partial charge in [-0.25, -0.2) is 4.90 Å². The van der Waals surface area contributed by atoms with Gasteiger partial charge in [0, 0.05) is 5.02 Å². The van der Waals surface area contributed by atoms with Crippen LogP contribution in [0.3, 0.4) is 0 Å². The number of rotatable bonds is 2. The number of carbonyl (C=O) groups is 2. The van der Waals surface area contributed by atoms with Gasteiger partial charge in [0.25, 0.3) is 11.1 Å². The van der Waals surface area contributed by atoms with Crippen molar-refractivity contribution < 1.29 is 19.8 Å². The summed E-state index contributed by atoms with van der Waals surface area (Å²) < 4.78 is 0. The molecule has 0 saturated carbocycles. The number of amides is 2. The lowest BCUT2D eigenvalue weighted by Gasteiger charge is -2.12. The molecule has 3 rings (SSSR count). The summed E-state index contributed by atoms with van der Waals surface area (Å²) in [7, 11) is 0. The zero-order valence-electron chi connectivity index (χ0n) is 11.6. The summed E-state index contributed by atoms with van der Waals surface area (Å²) >= 11 is 6.61. The van der Waals surface area contributed by atoms with Gasteiger partial charge in [-0.05, 0) is 59.8 Å². The van der Waals surface area contributed by atoms with E-state index in [2.05, 4.69) is 0 Å². The van der Waals surface area contributed by atoms with Gasteiger partial charge < -0.3 is 10.2 Å². The SMILES string of the molecule is O=C1S/C(=C\c2ccc(O)c(O)c2)C(=O)N1c1ccc(Cl)cc1. The Balaban J connectivity index is 1.92. The summed E-state index contributed by atoms with van der Waals surface area (Å²) in [6.45, 7) is 0. The van der Waals surface area contributed by atoms with E-state index in [1.54, 1.807) is 24.3 Å². The van der Waals surface area contributed by atoms with E-state index >= 15 is 0 Å². The molecule has 0 aromatic heterocycles. The van der Waals surface area contributed by atoms with Gasteiger partial charge in [0.2, 0.25) is 0 Å². The quantitative estimate of drug-likeness (QED) is 0.634. The van der Waals surface area contributed by atoms with Crippen LogP contribution in [0, 0.1) is 0 Å². The van der Waals surface area contributed by atoms with Crippen molar-refractivity contribution in [1.82, 2.24) is 0 Å². The average Bonchev–Trinajstić information content (AvgIpc) is 2.79. The highest BCUT2D eigenvalue weighted by Gasteiger charge is 2.36. The lowest BCUT2D eigenvalue weighted by molar-refractivity contribution is -0.113. The maximum atomic E-state index is 12.4. The molecule has 2 aromatic rings. The van der Waals surface area contributed by atoms with Crippen LogP contribution in [0.1, 0.15) is 5.56 Å². The predicted octanol–water partition coefficient (Wildman–Crippen LogP) is 3.99. The molecule has 0 radical (unpaired) electrons. The lowest BCUT2D eigenvalue weighted by atomic mass is 10.2. The summed E-state index contributed by atoms with van der Waals surface area (Å²) in [6.07, 6.45) is 1.49. The fourth-order valence-electron chi connectivity index (χ4n) is 2.06. The molecule has 1 saturated heterocycles. The number of thioether (sulfide) groups is 1. The second kappa shape index (κ2) is 5.98. The van der Waals surface area contributed by atoms with Crippen LogP contribution in [0.2, 0.25) is 5.02 Å². The van der Waals surface area contributed by atoms with Crippen LogP contribution >= 0.6 is 23.4 Å². The number of hydrogen-bond acceptors (Lipinski definition) is 5. The third-order valence-corrected chi connectivity index (χ3v) is 4.30. The van der Waals surface area contributed by atoms with Crippen LogP contribution < -0.4 is 4.90 Å². The number of anilines is 1. The molecular formula is C16H10ClNO4S. The maximum Gasteiger partial charge on any atom is 0.298 e. The van der Waals surface area contributed by atoms with Crippen molar-refractivity contribution in [1.29, 1.82) is 0 Å². The van der Waals surface area contributed by atoms with Gasteiger partial charge in [0.1, 0.15) is 0 Å². The number of phenolic OH excluding ortho intramolecular Hbond substituents is 2. The third kappa shape index (κ3) is 3.04. The van der Waals surface area contributed by atoms with E-state index in [0.717, 1.165) is 16.7 Å². The minimum Gasteiger partial charge on any atom is -0.504 e. The van der Waals surface area contributed by atoms with Gasteiger partial charge >= 0.3 is 0 Å². The molecule has 1 aliphatic rings. The Labute approximate surface area is 140 Å². The molecule has 1 heterocycles. The predicted molar refractivity (Wildman–Crippen MR) is 89.7 cm³/mol. The molecule has 116 valence electrons. The van der Waals surface area contributed by atoms with E-state index in [4.69, 9.17) is 11.6 Å². The van der Waals surface area contributed by atoms with Gasteiger partial charge in [-0.1, -0.05) is 17.7 Å². The number of benzene rings is 2. The van der Waals surface area contributed by atoms with Crippen molar-refractivity contribution in [3.8, 4) is 11.5 Å². The van der Waals surface area contributed by atoms with Crippen LogP contribution in [0.5, 0.6) is 11.5 Å². The minimum absolute atomic E-state index is 0.232. The Morgan fingerprint density at radius 3 is 2.35 bits per heavy atom. The van der Waals surface area contributed by atoms with Crippen LogP contribution in [0.4, 0.5) is 10.5 Å². The van der Waals surface area contributed by atoms with E-state index in [0.29, 0.717) is 16.3 Å². The fraction of sp³-hybridized carbons (Fsp3) is 0. The van der Waals surface area contributed by atoms with E-state index in [1.165, 1.54) is 24.3 Å². The average molecular weight is 348 g/mol. The van der Waals surface area contributed by atoms with Gasteiger partial charge in [-0.3, -0.25) is 9.59 Å². The smallest absolute Gasteiger partial charge is 0.298 e. The molecule has 1 fully saturated rings. The largest absolute Gasteiger partial charge is 0.504 e. The van der Waals surface area contributed by atoms with Crippen LogP contribution in [0.15, 0.2) is 47.4 Å². The van der Waals surface area contributed by atoms with Crippen molar-refractivity contribution >= 4 is 46.3 Å². The molecule has 0 aliphatic carbocycles. The first kappa shape index (κ1) is 15.5. The Kier molecular flexibility index (Phi) is 4.02. The van der Waals surface area contributed by atoms with Crippen LogP contribution in [0.25, 0.3) is 6.08 Å². The zero-order valence-corrected chi connectivity index (χ0v) is 13.1. The molecular weight excluding hydrogens is 338 g/mol. The molecule has 5 nitrogen and oxygen atoms in total. The number of nitrogens with zero attached hydrogens (tertiary/aromatic N) is 1. The molecule has 0 atom stereocenters. The zero-order chi connectivity index (χ0) is 16.6. The number of halogens is 1. The Morgan fingerprint density at radius 2 is 1.70 bits per heavy atom. The minimum atomic E-state index is -0.449. The molecule has 2 N–H and O–H groups in total. The maximum absolute atomic E-state index is 12.4. The first-order chi connectivity index (χ1) is 11.0. The highest BCUT2D eigenvalue weighted by atomic mass is 35.5. The summed E-state index contributed by atoms with van der Waals surface area (Å²) in [5.74, 6) is -0.998. The van der Waals surface area contributed by atoms with Gasteiger partial charge in [0.15, 0.2) is 11.5 Å². The summed E-state index contributed by atoms with van der Waals surface area (Å²) in [5.41, 5.74) is 0.941. The van der Waals surface area contributed by atoms with E-state index in [1.807, 2.05) is 0 Å². The third-order valence-electron chi connectivity index (χ3n) is 3.18. The molecule has 0 bridgehead atoms. The molecule has 23 heavy (non-hydrogen) atoms. The molecule has 1 aliphatic heterocycles. The van der Waals surface area contributed by atoms with E-state index in [-0.39, 0.29) is 16.4 Å². The highest BCUT2D eigenvalue weighted by Crippen LogP contribution is 2.36. The summed E-state index contributed by atoms with van der Waals surface area (Å²) in [4.78, 5) is 25.8. The van der Waals surface area contributed by atoms with Crippen LogP contribution in [-0.2, 0) is 4.79 Å². The molecule has 0 unspecified atom stereocenters.